The molecule has 0 radical (unpaired) electrons. The van der Waals surface area contributed by atoms with Gasteiger partial charge in [0.15, 0.2) is 0 Å². The summed E-state index contributed by atoms with van der Waals surface area (Å²) in [5, 5.41) is 0. The van der Waals surface area contributed by atoms with Gasteiger partial charge < -0.3 is 4.74 Å². The summed E-state index contributed by atoms with van der Waals surface area (Å²) in [6.45, 7) is 10.5. The van der Waals surface area contributed by atoms with E-state index in [9.17, 15) is 0 Å². The Hall–Kier alpha value is 0.137. The van der Waals surface area contributed by atoms with Crippen molar-refractivity contribution in [3.8, 4) is 0 Å². The summed E-state index contributed by atoms with van der Waals surface area (Å²) in [5.74, 6) is 0.973. The Labute approximate surface area is 95.1 Å². The molecule has 1 heterocycles. The van der Waals surface area contributed by atoms with Crippen molar-refractivity contribution in [1.29, 1.82) is 0 Å². The van der Waals surface area contributed by atoms with Gasteiger partial charge in [-0.1, -0.05) is 45.7 Å². The molecular weight excluding hydrogens is 202 g/mol. The van der Waals surface area contributed by atoms with E-state index in [0.29, 0.717) is 0 Å². The van der Waals surface area contributed by atoms with Crippen molar-refractivity contribution in [3.63, 3.8) is 0 Å². The first-order chi connectivity index (χ1) is 7.10. The minimum atomic E-state index is -1.19. The average Bonchev–Trinajstić information content (AvgIpc) is 2.71. The van der Waals surface area contributed by atoms with Crippen LogP contribution in [0.5, 0.6) is 0 Å². The Kier molecular flexibility index (Phi) is 3.53. The third kappa shape index (κ3) is 2.45. The van der Waals surface area contributed by atoms with Crippen molar-refractivity contribution < 1.29 is 4.74 Å². The molecule has 0 amide bonds. The predicted octanol–water partition coefficient (Wildman–Crippen LogP) is 3.06. The number of hydrogen-bond donors (Lipinski definition) is 0. The van der Waals surface area contributed by atoms with Crippen LogP contribution in [0.3, 0.4) is 0 Å². The van der Waals surface area contributed by atoms with Crippen LogP contribution in [0.2, 0.25) is 18.6 Å². The topological polar surface area (TPSA) is 12.5 Å². The summed E-state index contributed by atoms with van der Waals surface area (Å²) in [5.41, 5.74) is 1.01. The smallest absolute Gasteiger partial charge is 0.127 e. The molecule has 1 saturated carbocycles. The van der Waals surface area contributed by atoms with Gasteiger partial charge in [-0.05, 0) is 11.5 Å². The zero-order valence-corrected chi connectivity index (χ0v) is 11.5. The first kappa shape index (κ1) is 11.6. The Morgan fingerprint density at radius 2 is 1.80 bits per heavy atom. The van der Waals surface area contributed by atoms with Crippen molar-refractivity contribution in [2.45, 2.75) is 51.2 Å². The van der Waals surface area contributed by atoms with Gasteiger partial charge >= 0.3 is 0 Å². The molecule has 0 aromatic heterocycles. The molecular formula is C12H25NOSi. The van der Waals surface area contributed by atoms with Gasteiger partial charge in [0.1, 0.15) is 8.24 Å². The number of rotatable bonds is 2. The summed E-state index contributed by atoms with van der Waals surface area (Å²) in [7, 11) is -1.19. The van der Waals surface area contributed by atoms with Crippen molar-refractivity contribution in [1.82, 2.24) is 4.57 Å². The molecule has 2 nitrogen and oxygen atoms in total. The fraction of sp³-hybridized carbons (Fsp3) is 1.00. The molecule has 1 aliphatic heterocycles. The highest BCUT2D eigenvalue weighted by molar-refractivity contribution is 6.76. The molecule has 0 bridgehead atoms. The minimum Gasteiger partial charge on any atom is -0.365 e. The van der Waals surface area contributed by atoms with Crippen LogP contribution in [0.15, 0.2) is 0 Å². The van der Waals surface area contributed by atoms with E-state index in [0.717, 1.165) is 24.8 Å². The zero-order chi connectivity index (χ0) is 10.9. The van der Waals surface area contributed by atoms with Gasteiger partial charge in [-0.15, -0.1) is 0 Å². The molecule has 15 heavy (non-hydrogen) atoms. The van der Waals surface area contributed by atoms with Gasteiger partial charge in [-0.3, -0.25) is 4.57 Å². The molecule has 0 spiro atoms. The van der Waals surface area contributed by atoms with E-state index in [1.54, 1.807) is 0 Å². The van der Waals surface area contributed by atoms with E-state index in [1.807, 2.05) is 0 Å². The first-order valence-electron chi connectivity index (χ1n) is 6.43. The van der Waals surface area contributed by atoms with Crippen LogP contribution in [0, 0.1) is 5.92 Å². The van der Waals surface area contributed by atoms with Crippen LogP contribution in [-0.4, -0.2) is 32.7 Å². The fourth-order valence-electron chi connectivity index (χ4n) is 3.09. The fourth-order valence-corrected chi connectivity index (χ4v) is 6.45. The highest BCUT2D eigenvalue weighted by Crippen LogP contribution is 2.40. The van der Waals surface area contributed by atoms with Crippen LogP contribution in [0.4, 0.5) is 0 Å². The van der Waals surface area contributed by atoms with Gasteiger partial charge in [0.2, 0.25) is 0 Å². The van der Waals surface area contributed by atoms with Gasteiger partial charge in [-0.2, -0.15) is 0 Å². The number of nitrogens with zero attached hydrogens (tertiary/aromatic N) is 1. The van der Waals surface area contributed by atoms with Gasteiger partial charge in [0.05, 0.1) is 13.3 Å². The molecule has 0 aromatic rings. The number of hydrogen-bond acceptors (Lipinski definition) is 2. The van der Waals surface area contributed by atoms with E-state index in [-0.39, 0.29) is 0 Å². The molecule has 0 atom stereocenters. The third-order valence-electron chi connectivity index (χ3n) is 4.58. The third-order valence-corrected chi connectivity index (χ3v) is 9.14. The largest absolute Gasteiger partial charge is 0.365 e. The second-order valence-electron chi connectivity index (χ2n) is 5.91. The van der Waals surface area contributed by atoms with E-state index < -0.39 is 8.24 Å². The monoisotopic (exact) mass is 227 g/mol. The molecule has 2 fully saturated rings. The van der Waals surface area contributed by atoms with Crippen molar-refractivity contribution in [2.75, 3.05) is 19.9 Å². The van der Waals surface area contributed by atoms with Crippen LogP contribution in [0.1, 0.15) is 32.6 Å². The zero-order valence-electron chi connectivity index (χ0n) is 10.5. The average molecular weight is 227 g/mol. The molecule has 88 valence electrons. The second kappa shape index (κ2) is 4.56. The summed E-state index contributed by atoms with van der Waals surface area (Å²) in [6.07, 6.45) is 5.85. The maximum Gasteiger partial charge on any atom is 0.127 e. The summed E-state index contributed by atoms with van der Waals surface area (Å²) < 4.78 is 8.18. The molecule has 1 aliphatic carbocycles. The van der Waals surface area contributed by atoms with E-state index in [2.05, 4.69) is 24.6 Å². The van der Waals surface area contributed by atoms with Crippen LogP contribution < -0.4 is 0 Å². The minimum absolute atomic E-state index is 0.908. The highest BCUT2D eigenvalue weighted by atomic mass is 28.3. The van der Waals surface area contributed by atoms with Gasteiger partial charge in [0, 0.05) is 6.54 Å². The molecule has 1 saturated heterocycles. The lowest BCUT2D eigenvalue weighted by atomic mass is 9.90. The SMILES string of the molecule is CC1CCC([Si](C)(C)N2CCOC2)CC1. The molecule has 3 heteroatoms. The second-order valence-corrected chi connectivity index (χ2v) is 10.7. The van der Waals surface area contributed by atoms with Gasteiger partial charge in [-0.25, -0.2) is 0 Å². The lowest BCUT2D eigenvalue weighted by Crippen LogP contribution is -2.51. The van der Waals surface area contributed by atoms with Crippen molar-refractivity contribution in [3.05, 3.63) is 0 Å². The van der Waals surface area contributed by atoms with Crippen LogP contribution in [-0.2, 0) is 4.74 Å². The molecule has 0 unspecified atom stereocenters. The first-order valence-corrected chi connectivity index (χ1v) is 9.46. The Bertz CT molecular complexity index is 206. The quantitative estimate of drug-likeness (QED) is 0.672. The maximum atomic E-state index is 5.52. The number of ether oxygens (including phenoxy) is 1. The van der Waals surface area contributed by atoms with Crippen LogP contribution >= 0.6 is 0 Å². The maximum absolute atomic E-state index is 5.52. The van der Waals surface area contributed by atoms with E-state index in [1.165, 1.54) is 32.2 Å². The molecule has 2 rings (SSSR count). The molecule has 0 N–H and O–H groups in total. The van der Waals surface area contributed by atoms with E-state index >= 15 is 0 Å². The normalized spacial score (nSPS) is 34.6. The molecule has 2 aliphatic rings. The lowest BCUT2D eigenvalue weighted by molar-refractivity contribution is 0.168. The van der Waals surface area contributed by atoms with E-state index in [4.69, 9.17) is 4.74 Å². The Balaban J connectivity index is 1.95. The van der Waals surface area contributed by atoms with Gasteiger partial charge in [0.25, 0.3) is 0 Å². The standard InChI is InChI=1S/C12H25NOSi/c1-11-4-6-12(7-5-11)15(2,3)13-8-9-14-10-13/h11-12H,4-10H2,1-3H3. The predicted molar refractivity (Wildman–Crippen MR) is 66.4 cm³/mol. The Morgan fingerprint density at radius 1 is 1.13 bits per heavy atom. The summed E-state index contributed by atoms with van der Waals surface area (Å²) in [4.78, 5) is 0. The molecule has 0 aromatic carbocycles. The van der Waals surface area contributed by atoms with Crippen molar-refractivity contribution >= 4 is 8.24 Å². The highest BCUT2D eigenvalue weighted by Gasteiger charge is 2.40. The Morgan fingerprint density at radius 3 is 2.33 bits per heavy atom. The van der Waals surface area contributed by atoms with Crippen molar-refractivity contribution in [2.24, 2.45) is 5.92 Å². The summed E-state index contributed by atoms with van der Waals surface area (Å²) in [6, 6.07) is 0. The van der Waals surface area contributed by atoms with Crippen LogP contribution in [0.25, 0.3) is 0 Å². The summed E-state index contributed by atoms with van der Waals surface area (Å²) >= 11 is 0. The lowest BCUT2D eigenvalue weighted by Gasteiger charge is -2.42.